The van der Waals surface area contributed by atoms with Gasteiger partial charge in [0.05, 0.1) is 0 Å². The molecule has 0 aliphatic carbocycles. The van der Waals surface area contributed by atoms with Crippen molar-refractivity contribution in [3.05, 3.63) is 54.1 Å². The predicted molar refractivity (Wildman–Crippen MR) is 87.4 cm³/mol. The fraction of sp³-hybridized carbons (Fsp3) is 0.222. The zero-order valence-corrected chi connectivity index (χ0v) is 12.6. The summed E-state index contributed by atoms with van der Waals surface area (Å²) < 4.78 is 0. The highest BCUT2D eigenvalue weighted by atomic mass is 16.4. The molecule has 2 rings (SSSR count). The molecule has 0 spiro atoms. The second-order valence-electron chi connectivity index (χ2n) is 5.41. The second kappa shape index (κ2) is 6.89. The van der Waals surface area contributed by atoms with Gasteiger partial charge in [-0.2, -0.15) is 0 Å². The van der Waals surface area contributed by atoms with Gasteiger partial charge in [0.15, 0.2) is 0 Å². The lowest BCUT2D eigenvalue weighted by molar-refractivity contribution is -0.139. The summed E-state index contributed by atoms with van der Waals surface area (Å²) in [6.07, 6.45) is 1.43. The number of phenolic OH excluding ortho intramolecular Hbond substituents is 1. The van der Waals surface area contributed by atoms with Crippen molar-refractivity contribution >= 4 is 12.2 Å². The van der Waals surface area contributed by atoms with E-state index in [-0.39, 0.29) is 11.7 Å². The summed E-state index contributed by atoms with van der Waals surface area (Å²) in [5, 5.41) is 19.5. The normalized spacial score (nSPS) is 12.7. The van der Waals surface area contributed by atoms with Gasteiger partial charge in [0.2, 0.25) is 0 Å². The Morgan fingerprint density at radius 3 is 2.36 bits per heavy atom. The molecular weight excluding hydrogens is 278 g/mol. The lowest BCUT2D eigenvalue weighted by atomic mass is 10.0. The monoisotopic (exact) mass is 297 g/mol. The molecule has 0 amide bonds. The molecule has 0 heterocycles. The largest absolute Gasteiger partial charge is 0.507 e. The van der Waals surface area contributed by atoms with Crippen LogP contribution < -0.4 is 0 Å². The standard InChI is InChI=1S/C18H19NO3/c1-12(2)16(18(21)22)19-11-14-9-6-10-15(17(14)20)13-7-4-3-5-8-13/h3-12,16,20H,1-2H3,(H,21,22)/t16-/m0/s1. The number of rotatable bonds is 5. The van der Waals surface area contributed by atoms with E-state index < -0.39 is 12.0 Å². The summed E-state index contributed by atoms with van der Waals surface area (Å²) in [6.45, 7) is 3.60. The van der Waals surface area contributed by atoms with Crippen LogP contribution in [0.25, 0.3) is 11.1 Å². The summed E-state index contributed by atoms with van der Waals surface area (Å²) in [6, 6.07) is 14.0. The van der Waals surface area contributed by atoms with Gasteiger partial charge < -0.3 is 10.2 Å². The maximum atomic E-state index is 11.2. The third-order valence-corrected chi connectivity index (χ3v) is 3.41. The SMILES string of the molecule is CC(C)[C@H](N=Cc1cccc(-c2ccccc2)c1O)C(=O)O. The van der Waals surface area contributed by atoms with Gasteiger partial charge in [0.1, 0.15) is 11.8 Å². The van der Waals surface area contributed by atoms with Crippen LogP contribution in [0.1, 0.15) is 19.4 Å². The van der Waals surface area contributed by atoms with Crippen LogP contribution in [-0.4, -0.2) is 28.4 Å². The molecule has 0 aromatic heterocycles. The van der Waals surface area contributed by atoms with Crippen LogP contribution in [0, 0.1) is 5.92 Å². The summed E-state index contributed by atoms with van der Waals surface area (Å²) in [5.41, 5.74) is 2.10. The fourth-order valence-corrected chi connectivity index (χ4v) is 2.20. The van der Waals surface area contributed by atoms with Gasteiger partial charge in [-0.15, -0.1) is 0 Å². The van der Waals surface area contributed by atoms with Crippen molar-refractivity contribution < 1.29 is 15.0 Å². The van der Waals surface area contributed by atoms with Crippen LogP contribution in [-0.2, 0) is 4.79 Å². The number of para-hydroxylation sites is 1. The Balaban J connectivity index is 2.36. The molecule has 114 valence electrons. The molecular formula is C18H19NO3. The Bertz CT molecular complexity index is 678. The van der Waals surface area contributed by atoms with Crippen LogP contribution in [0.3, 0.4) is 0 Å². The number of benzene rings is 2. The number of hydrogen-bond acceptors (Lipinski definition) is 3. The Labute approximate surface area is 129 Å². The van der Waals surface area contributed by atoms with E-state index in [1.807, 2.05) is 42.5 Å². The Hall–Kier alpha value is -2.62. The topological polar surface area (TPSA) is 69.9 Å². The number of carboxylic acid groups (broad SMARTS) is 1. The molecule has 2 aromatic carbocycles. The van der Waals surface area contributed by atoms with Crippen LogP contribution in [0.5, 0.6) is 5.75 Å². The molecule has 0 fully saturated rings. The highest BCUT2D eigenvalue weighted by Gasteiger charge is 2.19. The van der Waals surface area contributed by atoms with Gasteiger partial charge in [-0.3, -0.25) is 4.99 Å². The maximum Gasteiger partial charge on any atom is 0.328 e. The number of aromatic hydroxyl groups is 1. The number of carbonyl (C=O) groups is 1. The van der Waals surface area contributed by atoms with Crippen molar-refractivity contribution in [2.75, 3.05) is 0 Å². The second-order valence-corrected chi connectivity index (χ2v) is 5.41. The molecule has 0 saturated carbocycles. The Kier molecular flexibility index (Phi) is 4.94. The minimum atomic E-state index is -0.968. The summed E-state index contributed by atoms with van der Waals surface area (Å²) in [5.74, 6) is -0.983. The first-order valence-corrected chi connectivity index (χ1v) is 7.14. The van der Waals surface area contributed by atoms with E-state index in [1.54, 1.807) is 19.9 Å². The lowest BCUT2D eigenvalue weighted by Gasteiger charge is -2.11. The van der Waals surface area contributed by atoms with Crippen LogP contribution in [0.15, 0.2) is 53.5 Å². The first kappa shape index (κ1) is 15.8. The summed E-state index contributed by atoms with van der Waals surface area (Å²) >= 11 is 0. The van der Waals surface area contributed by atoms with Gasteiger partial charge >= 0.3 is 5.97 Å². The van der Waals surface area contributed by atoms with Crippen molar-refractivity contribution in [2.24, 2.45) is 10.9 Å². The van der Waals surface area contributed by atoms with Crippen molar-refractivity contribution in [3.8, 4) is 16.9 Å². The third-order valence-electron chi connectivity index (χ3n) is 3.41. The molecule has 0 aliphatic heterocycles. The van der Waals surface area contributed by atoms with Gasteiger partial charge in [-0.05, 0) is 17.5 Å². The van der Waals surface area contributed by atoms with E-state index in [0.717, 1.165) is 5.56 Å². The summed E-state index contributed by atoms with van der Waals surface area (Å²) in [7, 11) is 0. The van der Waals surface area contributed by atoms with Gasteiger partial charge in [-0.25, -0.2) is 4.79 Å². The zero-order chi connectivity index (χ0) is 16.1. The van der Waals surface area contributed by atoms with E-state index in [0.29, 0.717) is 11.1 Å². The molecule has 0 aliphatic rings. The van der Waals surface area contributed by atoms with Crippen LogP contribution >= 0.6 is 0 Å². The molecule has 2 aromatic rings. The molecule has 0 bridgehead atoms. The number of phenols is 1. The zero-order valence-electron chi connectivity index (χ0n) is 12.6. The van der Waals surface area contributed by atoms with E-state index in [9.17, 15) is 9.90 Å². The first-order chi connectivity index (χ1) is 10.5. The molecule has 0 unspecified atom stereocenters. The van der Waals surface area contributed by atoms with Gasteiger partial charge in [-0.1, -0.05) is 56.3 Å². The Morgan fingerprint density at radius 1 is 1.09 bits per heavy atom. The minimum absolute atomic E-state index is 0.102. The quantitative estimate of drug-likeness (QED) is 0.829. The molecule has 0 radical (unpaired) electrons. The molecule has 4 nitrogen and oxygen atoms in total. The number of nitrogens with zero attached hydrogens (tertiary/aromatic N) is 1. The highest BCUT2D eigenvalue weighted by Crippen LogP contribution is 2.31. The molecule has 22 heavy (non-hydrogen) atoms. The van der Waals surface area contributed by atoms with Crippen molar-refractivity contribution in [2.45, 2.75) is 19.9 Å². The molecule has 4 heteroatoms. The average Bonchev–Trinajstić information content (AvgIpc) is 2.49. The molecule has 0 saturated heterocycles. The van der Waals surface area contributed by atoms with Crippen molar-refractivity contribution in [3.63, 3.8) is 0 Å². The minimum Gasteiger partial charge on any atom is -0.507 e. The van der Waals surface area contributed by atoms with Crippen LogP contribution in [0.4, 0.5) is 0 Å². The summed E-state index contributed by atoms with van der Waals surface area (Å²) in [4.78, 5) is 15.3. The highest BCUT2D eigenvalue weighted by molar-refractivity contribution is 5.90. The number of aliphatic carboxylic acids is 1. The van der Waals surface area contributed by atoms with Gasteiger partial charge in [0, 0.05) is 17.3 Å². The maximum absolute atomic E-state index is 11.2. The van der Waals surface area contributed by atoms with E-state index in [4.69, 9.17) is 5.11 Å². The fourth-order valence-electron chi connectivity index (χ4n) is 2.20. The van der Waals surface area contributed by atoms with E-state index in [1.165, 1.54) is 6.21 Å². The molecule has 2 N–H and O–H groups in total. The van der Waals surface area contributed by atoms with Crippen LogP contribution in [0.2, 0.25) is 0 Å². The average molecular weight is 297 g/mol. The van der Waals surface area contributed by atoms with Gasteiger partial charge in [0.25, 0.3) is 0 Å². The van der Waals surface area contributed by atoms with Crippen molar-refractivity contribution in [1.82, 2.24) is 0 Å². The number of carboxylic acids is 1. The number of hydrogen-bond donors (Lipinski definition) is 2. The van der Waals surface area contributed by atoms with E-state index >= 15 is 0 Å². The smallest absolute Gasteiger partial charge is 0.328 e. The first-order valence-electron chi connectivity index (χ1n) is 7.14. The molecule has 1 atom stereocenters. The van der Waals surface area contributed by atoms with Crippen molar-refractivity contribution in [1.29, 1.82) is 0 Å². The third kappa shape index (κ3) is 3.52. The Morgan fingerprint density at radius 2 is 1.77 bits per heavy atom. The lowest BCUT2D eigenvalue weighted by Crippen LogP contribution is -2.24. The number of aliphatic imine (C=N–C) groups is 1. The van der Waals surface area contributed by atoms with E-state index in [2.05, 4.69) is 4.99 Å². The predicted octanol–water partition coefficient (Wildman–Crippen LogP) is 3.59.